The van der Waals surface area contributed by atoms with Gasteiger partial charge in [0.05, 0.1) is 11.9 Å². The normalized spacial score (nSPS) is 13.0. The van der Waals surface area contributed by atoms with Gasteiger partial charge >= 0.3 is 0 Å². The molecule has 0 fully saturated rings. The Kier molecular flexibility index (Phi) is 4.56. The predicted octanol–water partition coefficient (Wildman–Crippen LogP) is 1.54. The Bertz CT molecular complexity index is 454. The van der Waals surface area contributed by atoms with Crippen molar-refractivity contribution in [3.8, 4) is 0 Å². The van der Waals surface area contributed by atoms with E-state index < -0.39 is 15.6 Å². The van der Waals surface area contributed by atoms with Crippen LogP contribution in [0.3, 0.4) is 0 Å². The Labute approximate surface area is 112 Å². The van der Waals surface area contributed by atoms with Crippen molar-refractivity contribution in [2.24, 2.45) is 0 Å². The fourth-order valence-corrected chi connectivity index (χ4v) is 4.20. The molecule has 1 rings (SSSR count). The van der Waals surface area contributed by atoms with E-state index in [1.165, 1.54) is 6.20 Å². The van der Waals surface area contributed by atoms with E-state index in [1.54, 1.807) is 6.92 Å². The fourth-order valence-electron chi connectivity index (χ4n) is 1.08. The van der Waals surface area contributed by atoms with Gasteiger partial charge in [0, 0.05) is 16.2 Å². The van der Waals surface area contributed by atoms with Gasteiger partial charge in [-0.2, -0.15) is 5.10 Å². The number of nitrogens with one attached hydrogen (secondary N) is 2. The Morgan fingerprint density at radius 3 is 2.44 bits per heavy atom. The number of hydrogen-bond acceptors (Lipinski definition) is 3. The molecule has 2 N–H and O–H groups in total. The van der Waals surface area contributed by atoms with Crippen molar-refractivity contribution >= 4 is 41.9 Å². The van der Waals surface area contributed by atoms with Crippen LogP contribution in [0.5, 0.6) is 0 Å². The van der Waals surface area contributed by atoms with Crippen molar-refractivity contribution in [2.45, 2.75) is 24.3 Å². The van der Waals surface area contributed by atoms with Gasteiger partial charge in [0.15, 0.2) is 0 Å². The molecule has 0 aliphatic carbocycles. The van der Waals surface area contributed by atoms with E-state index in [9.17, 15) is 8.42 Å². The number of aromatic amines is 1. The third-order valence-corrected chi connectivity index (χ3v) is 6.27. The molecule has 92 valence electrons. The minimum atomic E-state index is -3.53. The molecule has 0 saturated heterocycles. The highest BCUT2D eigenvalue weighted by atomic mass is 79.9. The van der Waals surface area contributed by atoms with Crippen LogP contribution in [0.15, 0.2) is 11.1 Å². The van der Waals surface area contributed by atoms with Crippen LogP contribution in [0, 0.1) is 6.92 Å². The second-order valence-corrected chi connectivity index (χ2v) is 6.56. The number of rotatable bonds is 5. The Morgan fingerprint density at radius 1 is 1.50 bits per heavy atom. The van der Waals surface area contributed by atoms with Gasteiger partial charge in [-0.15, -0.1) is 0 Å². The molecule has 1 aromatic heterocycles. The summed E-state index contributed by atoms with van der Waals surface area (Å²) >= 11 is 6.57. The Hall–Kier alpha value is 0.0800. The predicted molar refractivity (Wildman–Crippen MR) is 69.6 cm³/mol. The average molecular weight is 375 g/mol. The number of halogens is 2. The van der Waals surface area contributed by atoms with E-state index in [0.29, 0.717) is 16.4 Å². The van der Waals surface area contributed by atoms with E-state index in [-0.39, 0.29) is 4.90 Å². The molecule has 0 aromatic carbocycles. The minimum Gasteiger partial charge on any atom is -0.281 e. The quantitative estimate of drug-likeness (QED) is 0.767. The first-order chi connectivity index (χ1) is 7.34. The fraction of sp³-hybridized carbons (Fsp3) is 0.625. The maximum absolute atomic E-state index is 12.0. The summed E-state index contributed by atoms with van der Waals surface area (Å²) in [5.41, 5.74) is -0.0401. The number of aromatic nitrogens is 2. The van der Waals surface area contributed by atoms with Gasteiger partial charge in [-0.3, -0.25) is 5.10 Å². The first-order valence-electron chi connectivity index (χ1n) is 4.50. The lowest BCUT2D eigenvalue weighted by molar-refractivity contribution is 0.508. The lowest BCUT2D eigenvalue weighted by Crippen LogP contribution is -2.48. The van der Waals surface area contributed by atoms with Crippen LogP contribution >= 0.6 is 31.9 Å². The summed E-state index contributed by atoms with van der Waals surface area (Å²) in [5.74, 6) is 0. The summed E-state index contributed by atoms with van der Waals surface area (Å²) in [6.07, 6.45) is 1.31. The Morgan fingerprint density at radius 2 is 2.06 bits per heavy atom. The molecule has 0 radical (unpaired) electrons. The van der Waals surface area contributed by atoms with Crippen LogP contribution in [-0.4, -0.2) is 34.8 Å². The molecule has 5 nitrogen and oxygen atoms in total. The second kappa shape index (κ2) is 5.16. The summed E-state index contributed by atoms with van der Waals surface area (Å²) in [7, 11) is -3.53. The highest BCUT2D eigenvalue weighted by molar-refractivity contribution is 9.09. The van der Waals surface area contributed by atoms with Gasteiger partial charge in [-0.1, -0.05) is 31.9 Å². The molecular formula is C8H13Br2N3O2S. The zero-order chi connectivity index (χ0) is 12.4. The molecule has 0 aliphatic heterocycles. The molecule has 0 amide bonds. The molecule has 0 saturated carbocycles. The van der Waals surface area contributed by atoms with Gasteiger partial charge in [-0.25, -0.2) is 13.1 Å². The molecule has 16 heavy (non-hydrogen) atoms. The number of alkyl halides is 2. The molecule has 0 aliphatic rings. The van der Waals surface area contributed by atoms with Gasteiger partial charge in [0.2, 0.25) is 10.0 Å². The summed E-state index contributed by atoms with van der Waals surface area (Å²) in [5, 5.41) is 7.34. The van der Waals surface area contributed by atoms with Crippen LogP contribution in [0.4, 0.5) is 0 Å². The van der Waals surface area contributed by atoms with E-state index in [0.717, 1.165) is 0 Å². The number of sulfonamides is 1. The lowest BCUT2D eigenvalue weighted by atomic mass is 10.1. The molecule has 0 bridgehead atoms. The molecule has 1 aromatic rings. The molecule has 1 heterocycles. The van der Waals surface area contributed by atoms with E-state index >= 15 is 0 Å². The largest absolute Gasteiger partial charge is 0.281 e. The SMILES string of the molecule is Cc1[nH]ncc1S(=O)(=O)NC(C)(CBr)CBr. The van der Waals surface area contributed by atoms with Gasteiger partial charge in [-0.05, 0) is 13.8 Å². The summed E-state index contributed by atoms with van der Waals surface area (Å²) in [6, 6.07) is 0. The van der Waals surface area contributed by atoms with Gasteiger partial charge in [0.25, 0.3) is 0 Å². The van der Waals surface area contributed by atoms with Crippen molar-refractivity contribution in [1.29, 1.82) is 0 Å². The number of H-pyrrole nitrogens is 1. The monoisotopic (exact) mass is 373 g/mol. The van der Waals surface area contributed by atoms with Gasteiger partial charge < -0.3 is 0 Å². The van der Waals surface area contributed by atoms with Crippen molar-refractivity contribution in [3.63, 3.8) is 0 Å². The number of hydrogen-bond donors (Lipinski definition) is 2. The Balaban J connectivity index is 3.02. The van der Waals surface area contributed by atoms with Crippen LogP contribution in [0.2, 0.25) is 0 Å². The maximum atomic E-state index is 12.0. The van der Waals surface area contributed by atoms with Crippen molar-refractivity contribution in [3.05, 3.63) is 11.9 Å². The molecule has 0 spiro atoms. The third kappa shape index (κ3) is 3.06. The van der Waals surface area contributed by atoms with E-state index in [2.05, 4.69) is 46.8 Å². The van der Waals surface area contributed by atoms with E-state index in [1.807, 2.05) is 6.92 Å². The van der Waals surface area contributed by atoms with Crippen LogP contribution in [0.1, 0.15) is 12.6 Å². The summed E-state index contributed by atoms with van der Waals surface area (Å²) in [4.78, 5) is 0.181. The number of aryl methyl sites for hydroxylation is 1. The second-order valence-electron chi connectivity index (χ2n) is 3.79. The highest BCUT2D eigenvalue weighted by Gasteiger charge is 2.30. The smallest absolute Gasteiger partial charge is 0.244 e. The molecule has 8 heteroatoms. The standard InChI is InChI=1S/C8H13Br2N3O2S/c1-6-7(3-11-12-6)16(14,15)13-8(2,4-9)5-10/h3,13H,4-5H2,1-2H3,(H,11,12). The molecular weight excluding hydrogens is 362 g/mol. The maximum Gasteiger partial charge on any atom is 0.244 e. The minimum absolute atomic E-state index is 0.181. The first kappa shape index (κ1) is 14.1. The van der Waals surface area contributed by atoms with Crippen molar-refractivity contribution in [2.75, 3.05) is 10.7 Å². The molecule has 0 unspecified atom stereocenters. The zero-order valence-corrected chi connectivity index (χ0v) is 12.9. The summed E-state index contributed by atoms with van der Waals surface area (Å²) in [6.45, 7) is 3.48. The first-order valence-corrected chi connectivity index (χ1v) is 8.23. The van der Waals surface area contributed by atoms with E-state index in [4.69, 9.17) is 0 Å². The number of nitrogens with zero attached hydrogens (tertiary/aromatic N) is 1. The van der Waals surface area contributed by atoms with Crippen LogP contribution in [0.25, 0.3) is 0 Å². The van der Waals surface area contributed by atoms with Gasteiger partial charge in [0.1, 0.15) is 4.90 Å². The summed E-state index contributed by atoms with van der Waals surface area (Å²) < 4.78 is 26.7. The molecule has 0 atom stereocenters. The van der Waals surface area contributed by atoms with Crippen LogP contribution < -0.4 is 4.72 Å². The zero-order valence-electron chi connectivity index (χ0n) is 8.92. The topological polar surface area (TPSA) is 74.8 Å². The lowest BCUT2D eigenvalue weighted by Gasteiger charge is -2.25. The third-order valence-electron chi connectivity index (χ3n) is 2.04. The highest BCUT2D eigenvalue weighted by Crippen LogP contribution is 2.18. The van der Waals surface area contributed by atoms with Crippen molar-refractivity contribution in [1.82, 2.24) is 14.9 Å². The van der Waals surface area contributed by atoms with Crippen LogP contribution in [-0.2, 0) is 10.0 Å². The van der Waals surface area contributed by atoms with Crippen molar-refractivity contribution < 1.29 is 8.42 Å². The average Bonchev–Trinajstić information content (AvgIpc) is 2.64.